The van der Waals surface area contributed by atoms with Crippen LogP contribution in [0.25, 0.3) is 10.9 Å². The zero-order valence-electron chi connectivity index (χ0n) is 9.18. The number of nitro groups is 1. The SMILES string of the molecule is O=COCCc1cc2cc(Cl)cc([N+](=O)[O-])c2[nH]1. The molecular weight excluding hydrogens is 260 g/mol. The summed E-state index contributed by atoms with van der Waals surface area (Å²) in [6.07, 6.45) is 0.461. The van der Waals surface area contributed by atoms with Crippen LogP contribution in [0.2, 0.25) is 5.02 Å². The number of nitrogens with one attached hydrogen (secondary N) is 1. The monoisotopic (exact) mass is 268 g/mol. The Kier molecular flexibility index (Phi) is 3.47. The predicted octanol–water partition coefficient (Wildman–Crippen LogP) is 2.45. The number of H-pyrrole nitrogens is 1. The number of halogens is 1. The number of rotatable bonds is 5. The van der Waals surface area contributed by atoms with Crippen LogP contribution in [0.3, 0.4) is 0 Å². The molecule has 1 heterocycles. The minimum atomic E-state index is -0.490. The standard InChI is InChI=1S/C11H9ClN2O4/c12-8-3-7-4-9(1-2-18-6-15)13-11(7)10(5-8)14(16)17/h3-6,13H,1-2H2. The Hall–Kier alpha value is -2.08. The van der Waals surface area contributed by atoms with Gasteiger partial charge in [-0.3, -0.25) is 14.9 Å². The summed E-state index contributed by atoms with van der Waals surface area (Å²) >= 11 is 5.81. The third-order valence-electron chi connectivity index (χ3n) is 2.48. The molecule has 0 amide bonds. The van der Waals surface area contributed by atoms with Crippen molar-refractivity contribution in [2.45, 2.75) is 6.42 Å². The normalized spacial score (nSPS) is 10.5. The number of nitro benzene ring substituents is 1. The Bertz CT molecular complexity index is 608. The number of benzene rings is 1. The summed E-state index contributed by atoms with van der Waals surface area (Å²) in [6, 6.07) is 4.69. The lowest BCUT2D eigenvalue weighted by atomic mass is 10.2. The van der Waals surface area contributed by atoms with Gasteiger partial charge in [0.1, 0.15) is 5.52 Å². The lowest BCUT2D eigenvalue weighted by molar-refractivity contribution is -0.383. The number of non-ortho nitro benzene ring substituents is 1. The van der Waals surface area contributed by atoms with Gasteiger partial charge in [-0.1, -0.05) is 11.6 Å². The summed E-state index contributed by atoms with van der Waals surface area (Å²) in [5.41, 5.74) is 1.10. The molecule has 0 saturated carbocycles. The number of nitrogens with zero attached hydrogens (tertiary/aromatic N) is 1. The molecule has 0 aliphatic rings. The van der Waals surface area contributed by atoms with Crippen molar-refractivity contribution in [2.75, 3.05) is 6.61 Å². The second-order valence-electron chi connectivity index (χ2n) is 3.66. The second-order valence-corrected chi connectivity index (χ2v) is 4.09. The van der Waals surface area contributed by atoms with Gasteiger partial charge >= 0.3 is 0 Å². The second kappa shape index (κ2) is 5.05. The molecule has 0 spiro atoms. The Morgan fingerprint density at radius 2 is 2.22 bits per heavy atom. The van der Waals surface area contributed by atoms with Crippen molar-refractivity contribution in [3.05, 3.63) is 39.0 Å². The molecule has 7 heteroatoms. The predicted molar refractivity (Wildman–Crippen MR) is 65.7 cm³/mol. The number of carbonyl (C=O) groups is 1. The van der Waals surface area contributed by atoms with Gasteiger partial charge in [0, 0.05) is 28.6 Å². The van der Waals surface area contributed by atoms with Crippen LogP contribution in [0.4, 0.5) is 5.69 Å². The smallest absolute Gasteiger partial charge is 0.294 e. The van der Waals surface area contributed by atoms with Gasteiger partial charge in [0.25, 0.3) is 12.2 Å². The maximum atomic E-state index is 10.9. The maximum absolute atomic E-state index is 10.9. The summed E-state index contributed by atoms with van der Waals surface area (Å²) in [5.74, 6) is 0. The van der Waals surface area contributed by atoms with Gasteiger partial charge in [0.05, 0.1) is 11.5 Å². The highest BCUT2D eigenvalue weighted by molar-refractivity contribution is 6.31. The summed E-state index contributed by atoms with van der Waals surface area (Å²) in [5, 5.41) is 11.9. The average Bonchev–Trinajstić information content (AvgIpc) is 2.70. The van der Waals surface area contributed by atoms with Crippen molar-refractivity contribution in [1.29, 1.82) is 0 Å². The van der Waals surface area contributed by atoms with Crippen LogP contribution in [0.1, 0.15) is 5.69 Å². The number of fused-ring (bicyclic) bond motifs is 1. The first kappa shape index (κ1) is 12.4. The average molecular weight is 269 g/mol. The minimum absolute atomic E-state index is 0.0694. The lowest BCUT2D eigenvalue weighted by Gasteiger charge is -1.96. The minimum Gasteiger partial charge on any atom is -0.467 e. The maximum Gasteiger partial charge on any atom is 0.294 e. The number of hydrogen-bond donors (Lipinski definition) is 1. The molecule has 94 valence electrons. The van der Waals surface area contributed by atoms with E-state index in [4.69, 9.17) is 11.6 Å². The molecule has 1 N–H and O–H groups in total. The molecule has 18 heavy (non-hydrogen) atoms. The van der Waals surface area contributed by atoms with E-state index >= 15 is 0 Å². The molecule has 0 unspecified atom stereocenters. The van der Waals surface area contributed by atoms with Crippen molar-refractivity contribution in [1.82, 2.24) is 4.98 Å². The largest absolute Gasteiger partial charge is 0.467 e. The Labute approximate surface area is 107 Å². The van der Waals surface area contributed by atoms with Crippen molar-refractivity contribution >= 4 is 34.7 Å². The molecule has 1 aromatic heterocycles. The van der Waals surface area contributed by atoms with Crippen LogP contribution in [0.5, 0.6) is 0 Å². The van der Waals surface area contributed by atoms with Crippen LogP contribution in [0.15, 0.2) is 18.2 Å². The van der Waals surface area contributed by atoms with Crippen molar-refractivity contribution in [3.63, 3.8) is 0 Å². The van der Waals surface area contributed by atoms with Gasteiger partial charge < -0.3 is 9.72 Å². The zero-order chi connectivity index (χ0) is 13.1. The van der Waals surface area contributed by atoms with E-state index < -0.39 is 4.92 Å². The van der Waals surface area contributed by atoms with Crippen molar-refractivity contribution in [2.24, 2.45) is 0 Å². The fourth-order valence-corrected chi connectivity index (χ4v) is 1.96. The molecule has 0 aliphatic heterocycles. The topological polar surface area (TPSA) is 85.2 Å². The Balaban J connectivity index is 2.40. The number of carbonyl (C=O) groups excluding carboxylic acids is 1. The molecule has 0 radical (unpaired) electrons. The van der Waals surface area contributed by atoms with E-state index in [2.05, 4.69) is 9.72 Å². The Morgan fingerprint density at radius 1 is 1.44 bits per heavy atom. The fraction of sp³-hybridized carbons (Fsp3) is 0.182. The van der Waals surface area contributed by atoms with E-state index in [1.165, 1.54) is 6.07 Å². The molecule has 0 bridgehead atoms. The van der Waals surface area contributed by atoms with E-state index in [0.29, 0.717) is 28.8 Å². The summed E-state index contributed by atoms with van der Waals surface area (Å²) in [7, 11) is 0. The molecule has 2 rings (SSSR count). The first-order chi connectivity index (χ1) is 8.61. The van der Waals surface area contributed by atoms with Crippen LogP contribution in [-0.4, -0.2) is 23.0 Å². The van der Waals surface area contributed by atoms with Crippen molar-refractivity contribution < 1.29 is 14.5 Å². The van der Waals surface area contributed by atoms with Gasteiger partial charge in [0.15, 0.2) is 0 Å². The van der Waals surface area contributed by atoms with Crippen LogP contribution < -0.4 is 0 Å². The van der Waals surface area contributed by atoms with Crippen LogP contribution >= 0.6 is 11.6 Å². The lowest BCUT2D eigenvalue weighted by Crippen LogP contribution is -1.96. The van der Waals surface area contributed by atoms with Gasteiger partial charge in [-0.25, -0.2) is 0 Å². The zero-order valence-corrected chi connectivity index (χ0v) is 9.94. The first-order valence-corrected chi connectivity index (χ1v) is 5.50. The third kappa shape index (κ3) is 2.43. The summed E-state index contributed by atoms with van der Waals surface area (Å²) in [4.78, 5) is 23.4. The summed E-state index contributed by atoms with van der Waals surface area (Å²) in [6.45, 7) is 0.583. The van der Waals surface area contributed by atoms with E-state index in [0.717, 1.165) is 5.69 Å². The molecule has 6 nitrogen and oxygen atoms in total. The molecule has 0 saturated heterocycles. The highest BCUT2D eigenvalue weighted by Gasteiger charge is 2.15. The third-order valence-corrected chi connectivity index (χ3v) is 2.70. The molecular formula is C11H9ClN2O4. The van der Waals surface area contributed by atoms with Crippen LogP contribution in [-0.2, 0) is 16.0 Å². The number of ether oxygens (including phenoxy) is 1. The molecule has 0 fully saturated rings. The van der Waals surface area contributed by atoms with Crippen molar-refractivity contribution in [3.8, 4) is 0 Å². The number of hydrogen-bond acceptors (Lipinski definition) is 4. The summed E-state index contributed by atoms with van der Waals surface area (Å²) < 4.78 is 4.57. The first-order valence-electron chi connectivity index (χ1n) is 5.12. The molecule has 0 atom stereocenters. The molecule has 2 aromatic rings. The fourth-order valence-electron chi connectivity index (χ4n) is 1.74. The Morgan fingerprint density at radius 3 is 2.89 bits per heavy atom. The van der Waals surface area contributed by atoms with Gasteiger partial charge in [-0.15, -0.1) is 0 Å². The molecule has 0 aliphatic carbocycles. The van der Waals surface area contributed by atoms with Gasteiger partial charge in [-0.05, 0) is 12.1 Å². The van der Waals surface area contributed by atoms with Crippen LogP contribution in [0, 0.1) is 10.1 Å². The number of aromatic nitrogens is 1. The van der Waals surface area contributed by atoms with E-state index in [1.54, 1.807) is 12.1 Å². The molecule has 1 aromatic carbocycles. The number of aromatic amines is 1. The highest BCUT2D eigenvalue weighted by Crippen LogP contribution is 2.29. The van der Waals surface area contributed by atoms with Gasteiger partial charge in [0.2, 0.25) is 0 Å². The quantitative estimate of drug-likeness (QED) is 0.391. The van der Waals surface area contributed by atoms with E-state index in [9.17, 15) is 14.9 Å². The van der Waals surface area contributed by atoms with Gasteiger partial charge in [-0.2, -0.15) is 0 Å². The van der Waals surface area contributed by atoms with E-state index in [-0.39, 0.29) is 12.3 Å². The van der Waals surface area contributed by atoms with E-state index in [1.807, 2.05) is 0 Å². The highest BCUT2D eigenvalue weighted by atomic mass is 35.5.